The summed E-state index contributed by atoms with van der Waals surface area (Å²) in [5, 5.41) is 32.5. The predicted octanol–water partition coefficient (Wildman–Crippen LogP) is 6.61. The summed E-state index contributed by atoms with van der Waals surface area (Å²) in [6, 6.07) is 3.38. The second-order valence-electron chi connectivity index (χ2n) is 14.4. The van der Waals surface area contributed by atoms with Gasteiger partial charge in [0.25, 0.3) is 0 Å². The van der Waals surface area contributed by atoms with Gasteiger partial charge in [0.15, 0.2) is 17.1 Å². The van der Waals surface area contributed by atoms with E-state index in [0.717, 1.165) is 79.1 Å². The van der Waals surface area contributed by atoms with Crippen molar-refractivity contribution in [2.24, 2.45) is 0 Å². The Labute approximate surface area is 387 Å². The first-order valence-corrected chi connectivity index (χ1v) is 22.2. The number of nitrogen functional groups attached to an aromatic ring is 1. The highest BCUT2D eigenvalue weighted by atomic mass is 32.1. The number of ketones is 1. The van der Waals surface area contributed by atoms with Crippen LogP contribution in [0.3, 0.4) is 0 Å². The summed E-state index contributed by atoms with van der Waals surface area (Å²) in [6.07, 6.45) is 0.647. The summed E-state index contributed by atoms with van der Waals surface area (Å²) in [7, 11) is 4.03. The maximum absolute atomic E-state index is 12.2. The molecule has 0 amide bonds. The zero-order valence-electron chi connectivity index (χ0n) is 38.0. The Balaban J connectivity index is 0.000000194. The predicted molar refractivity (Wildman–Crippen MR) is 248 cm³/mol. The van der Waals surface area contributed by atoms with Gasteiger partial charge in [-0.2, -0.15) is 15.3 Å². The summed E-state index contributed by atoms with van der Waals surface area (Å²) in [5.41, 5.74) is 14.4. The average molecular weight is 949 g/mol. The molecule has 0 saturated carbocycles. The highest BCUT2D eigenvalue weighted by Gasteiger charge is 2.38. The average Bonchev–Trinajstić information content (AvgIpc) is 4.15. The van der Waals surface area contributed by atoms with Gasteiger partial charge >= 0.3 is 17.9 Å². The van der Waals surface area contributed by atoms with Crippen molar-refractivity contribution in [3.8, 4) is 0 Å². The molecular formula is C42H52N12O8S3. The maximum atomic E-state index is 12.2. The van der Waals surface area contributed by atoms with Crippen LogP contribution in [0.2, 0.25) is 0 Å². The number of hydrogen-bond donors (Lipinski definition) is 5. The van der Waals surface area contributed by atoms with E-state index < -0.39 is 5.97 Å². The number of anilines is 3. The number of carbonyl (C=O) groups is 5. The number of aryl methyl sites for hydroxylation is 6. The number of esters is 3. The third kappa shape index (κ3) is 13.3. The van der Waals surface area contributed by atoms with Crippen LogP contribution in [0.1, 0.15) is 98.7 Å². The largest absolute Gasteiger partial charge is 0.469 e. The fourth-order valence-corrected chi connectivity index (χ4v) is 8.66. The number of aromatic nitrogens is 9. The molecule has 0 bridgehead atoms. The normalized spacial score (nSPS) is 14.4. The molecular weight excluding hydrogens is 897 g/mol. The van der Waals surface area contributed by atoms with Crippen LogP contribution < -0.4 is 16.4 Å². The van der Waals surface area contributed by atoms with Gasteiger partial charge in [-0.25, -0.2) is 29.2 Å². The van der Waals surface area contributed by atoms with Gasteiger partial charge in [-0.3, -0.25) is 24.6 Å². The minimum atomic E-state index is -0.475. The quantitative estimate of drug-likeness (QED) is 0.0487. The summed E-state index contributed by atoms with van der Waals surface area (Å²) in [4.78, 5) is 67.7. The van der Waals surface area contributed by atoms with E-state index in [2.05, 4.69) is 55.8 Å². The van der Waals surface area contributed by atoms with Crippen LogP contribution in [0.4, 0.5) is 17.5 Å². The first-order chi connectivity index (χ1) is 30.8. The number of methoxy groups -OCH3 is 3. The molecule has 20 nitrogen and oxygen atoms in total. The molecule has 346 valence electrons. The molecule has 2 aliphatic rings. The Morgan fingerprint density at radius 3 is 1.77 bits per heavy atom. The van der Waals surface area contributed by atoms with Crippen molar-refractivity contribution < 1.29 is 38.2 Å². The van der Waals surface area contributed by atoms with Gasteiger partial charge in [0.1, 0.15) is 39.9 Å². The molecule has 2 aliphatic heterocycles. The molecule has 0 radical (unpaired) electrons. The summed E-state index contributed by atoms with van der Waals surface area (Å²) < 4.78 is 15.9. The second-order valence-corrected chi connectivity index (χ2v) is 17.1. The molecule has 6 aromatic rings. The zero-order chi connectivity index (χ0) is 48.1. The topological polar surface area (TPSA) is 277 Å². The lowest BCUT2D eigenvalue weighted by Crippen LogP contribution is -2.29. The van der Waals surface area contributed by atoms with Gasteiger partial charge in [-0.1, -0.05) is 0 Å². The van der Waals surface area contributed by atoms with E-state index in [0.29, 0.717) is 22.0 Å². The van der Waals surface area contributed by atoms with Gasteiger partial charge in [0.05, 0.1) is 44.1 Å². The van der Waals surface area contributed by atoms with Crippen molar-refractivity contribution in [3.63, 3.8) is 0 Å². The van der Waals surface area contributed by atoms with Crippen molar-refractivity contribution in [3.05, 3.63) is 106 Å². The second kappa shape index (κ2) is 23.2. The van der Waals surface area contributed by atoms with Crippen LogP contribution in [-0.2, 0) is 33.4 Å². The van der Waals surface area contributed by atoms with Crippen LogP contribution in [0.15, 0.2) is 50.8 Å². The number of hydrogen-bond acceptors (Lipinski definition) is 20. The van der Waals surface area contributed by atoms with Crippen molar-refractivity contribution in [1.29, 1.82) is 0 Å². The standard InChI is InChI=1S/2C14H16N4O2S.C5H5NOS.C5H8O3.C4H7N3/c1-7-5-10-16-9(3)11(14(19)20-4)12(18(10)17-7)13-15-8(2)6-21-13;1-6-5-21-13(15-6)11-9-8(3)17-18-12(9)16-7(2)10(11)14(19)20-4;1-4-3-8-5(2-7)6-4;1-4(6)3-5(7)8-2;1-3-2-4(5)7-6-3/h5-6,12,16H,1-4H3;5,11H,1-4H3,(H2,16,17,18);2-3H,1H3;3H2,1-2H3;2H,1H3,(H3,5,6,7). The third-order valence-electron chi connectivity index (χ3n) is 9.03. The van der Waals surface area contributed by atoms with E-state index in [-0.39, 0.29) is 36.1 Å². The molecule has 6 N–H and O–H groups in total. The molecule has 0 aromatic carbocycles. The number of aldehydes is 1. The van der Waals surface area contributed by atoms with E-state index >= 15 is 0 Å². The number of ether oxygens (including phenoxy) is 3. The number of rotatable bonds is 7. The number of nitrogens with two attached hydrogens (primary N) is 1. The van der Waals surface area contributed by atoms with Gasteiger partial charge in [-0.05, 0) is 62.3 Å². The minimum absolute atomic E-state index is 0.115. The van der Waals surface area contributed by atoms with E-state index in [9.17, 15) is 24.0 Å². The van der Waals surface area contributed by atoms with Gasteiger partial charge < -0.3 is 30.6 Å². The Morgan fingerprint density at radius 1 is 0.738 bits per heavy atom. The summed E-state index contributed by atoms with van der Waals surface area (Å²) in [5.74, 6) is 0.560. The third-order valence-corrected chi connectivity index (χ3v) is 12.0. The minimum Gasteiger partial charge on any atom is -0.469 e. The Kier molecular flexibility index (Phi) is 18.1. The van der Waals surface area contributed by atoms with Gasteiger partial charge in [0.2, 0.25) is 0 Å². The molecule has 0 spiro atoms. The van der Waals surface area contributed by atoms with Crippen LogP contribution >= 0.6 is 34.0 Å². The number of thiazole rings is 3. The number of allylic oxidation sites excluding steroid dienone is 2. The number of H-pyrrole nitrogens is 2. The number of fused-ring (bicyclic) bond motifs is 2. The van der Waals surface area contributed by atoms with E-state index in [1.165, 1.54) is 50.9 Å². The Morgan fingerprint density at radius 2 is 1.32 bits per heavy atom. The smallest absolute Gasteiger partial charge is 0.338 e. The Bertz CT molecular complexity index is 2680. The number of nitrogens with zero attached hydrogens (tertiary/aromatic N) is 7. The van der Waals surface area contributed by atoms with Crippen molar-refractivity contribution in [1.82, 2.24) is 45.1 Å². The summed E-state index contributed by atoms with van der Waals surface area (Å²) >= 11 is 4.43. The lowest BCUT2D eigenvalue weighted by Gasteiger charge is -2.27. The van der Waals surface area contributed by atoms with Gasteiger partial charge in [0, 0.05) is 73.7 Å². The van der Waals surface area contributed by atoms with E-state index in [1.54, 1.807) is 22.1 Å². The molecule has 6 aromatic heterocycles. The molecule has 0 fully saturated rings. The molecule has 0 saturated heterocycles. The van der Waals surface area contributed by atoms with E-state index in [4.69, 9.17) is 15.2 Å². The zero-order valence-corrected chi connectivity index (χ0v) is 40.5. The van der Waals surface area contributed by atoms with Crippen LogP contribution in [0.5, 0.6) is 0 Å². The first kappa shape index (κ1) is 50.8. The van der Waals surface area contributed by atoms with Crippen molar-refractivity contribution in [2.75, 3.05) is 37.7 Å². The molecule has 65 heavy (non-hydrogen) atoms. The highest BCUT2D eigenvalue weighted by Crippen LogP contribution is 2.44. The molecule has 2 unspecified atom stereocenters. The molecule has 2 atom stereocenters. The molecule has 0 aliphatic carbocycles. The van der Waals surface area contributed by atoms with Crippen LogP contribution in [0.25, 0.3) is 0 Å². The molecule has 8 rings (SSSR count). The highest BCUT2D eigenvalue weighted by molar-refractivity contribution is 7.11. The van der Waals surface area contributed by atoms with Crippen LogP contribution in [0, 0.1) is 41.5 Å². The first-order valence-electron chi connectivity index (χ1n) is 19.6. The fraction of sp³-hybridized carbons (Fsp3) is 0.357. The molecule has 8 heterocycles. The number of aromatic amines is 2. The van der Waals surface area contributed by atoms with Crippen LogP contribution in [-0.4, -0.2) is 96.4 Å². The monoisotopic (exact) mass is 948 g/mol. The van der Waals surface area contributed by atoms with Crippen molar-refractivity contribution >= 4 is 81.4 Å². The number of Topliss-reactive ketones (excluding diaryl/α,β-unsaturated/α-hetero) is 1. The summed E-state index contributed by atoms with van der Waals surface area (Å²) in [6.45, 7) is 16.6. The molecule has 23 heteroatoms. The fourth-order valence-electron chi connectivity index (χ4n) is 6.26. The van der Waals surface area contributed by atoms with E-state index in [1.807, 2.05) is 77.6 Å². The van der Waals surface area contributed by atoms with Crippen molar-refractivity contribution in [2.45, 2.75) is 80.7 Å². The lowest BCUT2D eigenvalue weighted by atomic mass is 9.87. The lowest BCUT2D eigenvalue weighted by molar-refractivity contribution is -0.143. The SMILES string of the molecule is COC(=O)C1=C(C)Nc2cc(C)nn2C1c1nc(C)cs1.COC(=O)C1=C(C)Nc2n[nH]c(C)c2C1c1nc(C)cs1.COC(=O)CC(C)=O.Cc1cc(N)n[nH]1.Cc1csc(C=O)n1. The van der Waals surface area contributed by atoms with Gasteiger partial charge in [-0.15, -0.1) is 34.0 Å². The number of nitrogens with one attached hydrogen (secondary N) is 4. The maximum Gasteiger partial charge on any atom is 0.338 e. The number of carbonyl (C=O) groups excluding carboxylic acids is 5. The Hall–Kier alpha value is -6.85.